The monoisotopic (exact) mass is 848 g/mol. The maximum atomic E-state index is 14.7. The molecule has 20 nitrogen and oxygen atoms in total. The Hall–Kier alpha value is -7.08. The number of hydrogen-bond donors (Lipinski definition) is 4. The van der Waals surface area contributed by atoms with Crippen molar-refractivity contribution in [1.82, 2.24) is 48.5 Å². The molecule has 0 spiro atoms. The Kier molecular flexibility index (Phi) is 9.92. The minimum absolute atomic E-state index is 0.00490. The Morgan fingerprint density at radius 1 is 0.836 bits per heavy atom. The van der Waals surface area contributed by atoms with Crippen LogP contribution < -0.4 is 26.7 Å². The van der Waals surface area contributed by atoms with E-state index >= 15 is 0 Å². The first-order valence-electron chi connectivity index (χ1n) is 18.9. The molecule has 8 rings (SSSR count). The fourth-order valence-electron chi connectivity index (χ4n) is 7.73. The van der Waals surface area contributed by atoms with Gasteiger partial charge in [-0.25, -0.2) is 15.0 Å². The number of nitrogens with two attached hydrogens (primary N) is 2. The van der Waals surface area contributed by atoms with Gasteiger partial charge in [-0.3, -0.25) is 48.7 Å². The molecule has 0 bridgehead atoms. The van der Waals surface area contributed by atoms with E-state index in [2.05, 4.69) is 40.5 Å². The Balaban J connectivity index is 1.36. The molecule has 2 aliphatic rings. The number of fused-ring (bicyclic) bond motifs is 9. The first-order valence-corrected chi connectivity index (χ1v) is 18.9. The summed E-state index contributed by atoms with van der Waals surface area (Å²) in [5.41, 5.74) is 12.7. The molecule has 7 heterocycles. The lowest BCUT2D eigenvalue weighted by molar-refractivity contribution is -0.606. The van der Waals surface area contributed by atoms with E-state index in [1.807, 2.05) is 0 Å². The van der Waals surface area contributed by atoms with Crippen LogP contribution >= 0.6 is 0 Å². The van der Waals surface area contributed by atoms with Gasteiger partial charge >= 0.3 is 23.9 Å². The molecule has 2 aliphatic heterocycles. The van der Waals surface area contributed by atoms with Crippen molar-refractivity contribution in [3.8, 4) is 5.69 Å². The number of halogens is 4. The zero-order chi connectivity index (χ0) is 43.7. The number of aromatic nitrogens is 10. The molecule has 0 unspecified atom stereocenters. The van der Waals surface area contributed by atoms with Crippen LogP contribution in [0.2, 0.25) is 0 Å². The molecular formula is C37H38F4N15O5+. The number of nitrogens with zero attached hydrogens (tertiary/aromatic N) is 11. The van der Waals surface area contributed by atoms with Gasteiger partial charge in [-0.1, -0.05) is 12.2 Å². The van der Waals surface area contributed by atoms with Crippen LogP contribution in [-0.2, 0) is 37.5 Å². The van der Waals surface area contributed by atoms with Gasteiger partial charge in [0.15, 0.2) is 17.0 Å². The van der Waals surface area contributed by atoms with Crippen LogP contribution in [0.1, 0.15) is 72.8 Å². The van der Waals surface area contributed by atoms with Crippen LogP contribution in [0.3, 0.4) is 0 Å². The number of carbonyl (C=O) groups is 4. The van der Waals surface area contributed by atoms with E-state index in [0.29, 0.717) is 11.5 Å². The van der Waals surface area contributed by atoms with Crippen LogP contribution in [0, 0.1) is 13.8 Å². The van der Waals surface area contributed by atoms with E-state index < -0.39 is 55.5 Å². The van der Waals surface area contributed by atoms with E-state index in [1.165, 1.54) is 42.9 Å². The average molecular weight is 849 g/mol. The first kappa shape index (κ1) is 40.7. The van der Waals surface area contributed by atoms with E-state index in [-0.39, 0.29) is 94.2 Å². The van der Waals surface area contributed by atoms with Gasteiger partial charge in [-0.15, -0.1) is 4.68 Å². The molecule has 1 aromatic carbocycles. The highest BCUT2D eigenvalue weighted by Crippen LogP contribution is 2.36. The van der Waals surface area contributed by atoms with Crippen molar-refractivity contribution in [2.45, 2.75) is 72.6 Å². The number of amides is 4. The van der Waals surface area contributed by atoms with Gasteiger partial charge in [0.05, 0.1) is 35.4 Å². The molecule has 5 aromatic heterocycles. The van der Waals surface area contributed by atoms with Gasteiger partial charge in [0.1, 0.15) is 12.1 Å². The number of imidazole rings is 2. The first-order chi connectivity index (χ1) is 28.9. The summed E-state index contributed by atoms with van der Waals surface area (Å²) < 4.78 is 68.9. The summed E-state index contributed by atoms with van der Waals surface area (Å²) in [4.78, 5) is 68.1. The average Bonchev–Trinajstić information content (AvgIpc) is 3.90. The highest BCUT2D eigenvalue weighted by molar-refractivity contribution is 6.06. The quantitative estimate of drug-likeness (QED) is 0.108. The molecular weight excluding hydrogens is 810 g/mol. The molecule has 24 heteroatoms. The second kappa shape index (κ2) is 14.9. The van der Waals surface area contributed by atoms with Crippen LogP contribution in [0.25, 0.3) is 27.9 Å². The number of carbonyl (C=O) groups excluding carboxylic acids is 4. The van der Waals surface area contributed by atoms with E-state index in [9.17, 15) is 36.7 Å². The minimum Gasteiger partial charge on any atom is -0.366 e. The smallest absolute Gasteiger partial charge is 0.366 e. The van der Waals surface area contributed by atoms with Gasteiger partial charge in [-0.2, -0.15) is 27.2 Å². The van der Waals surface area contributed by atoms with Crippen LogP contribution in [0.5, 0.6) is 0 Å². The Labute approximate surface area is 341 Å². The van der Waals surface area contributed by atoms with Gasteiger partial charge < -0.3 is 16.0 Å². The van der Waals surface area contributed by atoms with Gasteiger partial charge in [0.25, 0.3) is 11.7 Å². The number of nitrogens with one attached hydrogen (secondary N) is 2. The summed E-state index contributed by atoms with van der Waals surface area (Å²) in [5, 5.41) is 14.9. The van der Waals surface area contributed by atoms with E-state index in [1.54, 1.807) is 44.4 Å². The van der Waals surface area contributed by atoms with Crippen molar-refractivity contribution in [1.29, 1.82) is 0 Å². The molecule has 6 aromatic rings. The molecule has 4 amide bonds. The number of anilines is 2. The van der Waals surface area contributed by atoms with Crippen molar-refractivity contribution in [2.24, 2.45) is 11.5 Å². The fraction of sp³-hybridized carbons (Fsp3) is 0.351. The van der Waals surface area contributed by atoms with Gasteiger partial charge in [-0.05, 0) is 44.5 Å². The maximum absolute atomic E-state index is 14.7. The predicted octanol–water partition coefficient (Wildman–Crippen LogP) is 2.40. The second-order valence-corrected chi connectivity index (χ2v) is 14.4. The normalized spacial score (nSPS) is 17.3. The fourth-order valence-corrected chi connectivity index (χ4v) is 7.73. The summed E-state index contributed by atoms with van der Waals surface area (Å²) in [6.45, 7) is 4.35. The zero-order valence-corrected chi connectivity index (χ0v) is 33.0. The molecule has 0 aliphatic carbocycles. The number of rotatable bonds is 6. The van der Waals surface area contributed by atoms with Crippen molar-refractivity contribution in [3.05, 3.63) is 76.3 Å². The van der Waals surface area contributed by atoms with Crippen LogP contribution in [0.15, 0.2) is 36.5 Å². The Morgan fingerprint density at radius 3 is 2.10 bits per heavy atom. The molecule has 6 N–H and O–H groups in total. The minimum atomic E-state index is -4.19. The molecule has 318 valence electrons. The molecule has 0 atom stereocenters. The number of pyridine rings is 1. The third-order valence-corrected chi connectivity index (χ3v) is 10.2. The van der Waals surface area contributed by atoms with Crippen LogP contribution in [-0.4, -0.2) is 97.5 Å². The van der Waals surface area contributed by atoms with E-state index in [4.69, 9.17) is 11.5 Å². The van der Waals surface area contributed by atoms with Crippen molar-refractivity contribution >= 4 is 57.7 Å². The number of allylic oxidation sites excluding steroid dienone is 2. The highest BCUT2D eigenvalue weighted by Gasteiger charge is 2.51. The summed E-state index contributed by atoms with van der Waals surface area (Å²) >= 11 is 0. The predicted molar refractivity (Wildman–Crippen MR) is 206 cm³/mol. The molecule has 0 saturated carbocycles. The van der Waals surface area contributed by atoms with E-state index in [0.717, 1.165) is 4.90 Å². The highest BCUT2D eigenvalue weighted by atomic mass is 19.3. The van der Waals surface area contributed by atoms with Gasteiger partial charge in [0.2, 0.25) is 23.7 Å². The standard InChI is InChI=1S/C37H37F4N15O5/c1-5-54-27-25(18(3)49-54)56-19(4)50-55(6-2)33(56)32(60)48-35-46-24-13-21(29(43)58)14-44-30(24)53(35)10-8-7-9-52-26-22(15-51-16-36(38,39)61-37(40,41)17-51)11-20(28(42)57)12-23(26)45-34(52)47-31(27)59/h7-8,11-14H,5-6,9-10,15-17H2,1-4H3,(H5-,42,43,45,46,47,48,57,58,59,60)/p+1/b8-7+. The van der Waals surface area contributed by atoms with Gasteiger partial charge in [0, 0.05) is 50.0 Å². The molecule has 1 saturated heterocycles. The number of alkyl halides is 4. The number of primary amides is 2. The number of hydrogen-bond acceptors (Lipinski definition) is 11. The summed E-state index contributed by atoms with van der Waals surface area (Å²) in [7, 11) is 0. The zero-order valence-electron chi connectivity index (χ0n) is 33.0. The Morgan fingerprint density at radius 2 is 1.44 bits per heavy atom. The number of benzene rings is 1. The topological polar surface area (TPSA) is 245 Å². The SMILES string of the molecule is CCn1nc(C)c2c1C(=O)Nc1nc3cc(C(N)=O)cc(CN4CC(F)(F)OC(F)(F)C4)c3n1C/C=C/Cn1c(nc3cc(C(N)=O)cnc31)NC(=O)c1n(CC)nc(C)[n+]1-2. The second-order valence-electron chi connectivity index (χ2n) is 14.4. The summed E-state index contributed by atoms with van der Waals surface area (Å²) in [6, 6.07) is 4.07. The molecule has 61 heavy (non-hydrogen) atoms. The molecule has 0 radical (unpaired) electrons. The van der Waals surface area contributed by atoms with Crippen molar-refractivity contribution < 1.29 is 46.0 Å². The molecule has 1 fully saturated rings. The summed E-state index contributed by atoms with van der Waals surface area (Å²) in [6.07, 6.45) is -3.77. The third-order valence-electron chi connectivity index (χ3n) is 10.2. The largest absolute Gasteiger partial charge is 0.372 e. The maximum Gasteiger partial charge on any atom is 0.372 e. The number of morpholine rings is 1. The lowest BCUT2D eigenvalue weighted by Crippen LogP contribution is -2.54. The Bertz CT molecular complexity index is 2840. The van der Waals surface area contributed by atoms with Crippen molar-refractivity contribution in [2.75, 3.05) is 23.7 Å². The number of aryl methyl sites for hydroxylation is 4. The third kappa shape index (κ3) is 7.32. The summed E-state index contributed by atoms with van der Waals surface area (Å²) in [5.74, 6) is -2.75. The lowest BCUT2D eigenvalue weighted by atomic mass is 10.1. The number of ether oxygens (including phenoxy) is 1. The lowest BCUT2D eigenvalue weighted by Gasteiger charge is -2.36. The van der Waals surface area contributed by atoms with Crippen LogP contribution in [0.4, 0.5) is 29.5 Å². The van der Waals surface area contributed by atoms with Crippen molar-refractivity contribution in [3.63, 3.8) is 0 Å².